The number of carboxylic acid groups (broad SMARTS) is 1. The highest BCUT2D eigenvalue weighted by atomic mass is 32.2. The second kappa shape index (κ2) is 5.39. The predicted molar refractivity (Wildman–Crippen MR) is 68.4 cm³/mol. The van der Waals surface area contributed by atoms with Gasteiger partial charge in [0, 0.05) is 7.05 Å². The van der Waals surface area contributed by atoms with Crippen LogP contribution in [0.4, 0.5) is 0 Å². The molecule has 0 aliphatic heterocycles. The van der Waals surface area contributed by atoms with E-state index >= 15 is 0 Å². The van der Waals surface area contributed by atoms with Crippen LogP contribution in [-0.4, -0.2) is 46.0 Å². The molecule has 0 fully saturated rings. The Kier molecular flexibility index (Phi) is 3.81. The molecule has 2 rings (SSSR count). The predicted octanol–water partition coefficient (Wildman–Crippen LogP) is 0.324. The third-order valence-corrected chi connectivity index (χ3v) is 4.43. The lowest BCUT2D eigenvalue weighted by Gasteiger charge is -2.15. The Morgan fingerprint density at radius 3 is 2.80 bits per heavy atom. The van der Waals surface area contributed by atoms with Gasteiger partial charge in [0.2, 0.25) is 10.0 Å². The van der Waals surface area contributed by atoms with Gasteiger partial charge < -0.3 is 5.11 Å². The summed E-state index contributed by atoms with van der Waals surface area (Å²) in [6.07, 6.45) is 1.28. The molecule has 2 N–H and O–H groups in total. The number of benzene rings is 1. The third kappa shape index (κ3) is 2.83. The van der Waals surface area contributed by atoms with Crippen LogP contribution in [-0.2, 0) is 16.6 Å². The molecule has 0 spiro atoms. The molecule has 2 aromatic rings. The van der Waals surface area contributed by atoms with E-state index in [1.807, 2.05) is 0 Å². The van der Waals surface area contributed by atoms with E-state index in [9.17, 15) is 13.2 Å². The van der Waals surface area contributed by atoms with Gasteiger partial charge in [-0.3, -0.25) is 5.10 Å². The van der Waals surface area contributed by atoms with Gasteiger partial charge >= 0.3 is 5.97 Å². The standard InChI is InChI=1S/C11H12N4O4S/c1-15(6-10-12-7-13-14-10)20(18,19)9-4-2-3-8(5-9)11(16)17/h2-5,7H,6H2,1H3,(H,16,17)(H,12,13,14). The SMILES string of the molecule is CN(Cc1ncn[nH]1)S(=O)(=O)c1cccc(C(=O)O)c1. The van der Waals surface area contributed by atoms with Crippen LogP contribution in [0.2, 0.25) is 0 Å². The first-order chi connectivity index (χ1) is 9.41. The number of aromatic carboxylic acids is 1. The van der Waals surface area contributed by atoms with Gasteiger partial charge in [-0.2, -0.15) is 9.40 Å². The first-order valence-corrected chi connectivity index (χ1v) is 6.99. The van der Waals surface area contributed by atoms with Crippen molar-refractivity contribution in [3.63, 3.8) is 0 Å². The summed E-state index contributed by atoms with van der Waals surface area (Å²) in [6.45, 7) is 0.0135. The Morgan fingerprint density at radius 2 is 2.20 bits per heavy atom. The van der Waals surface area contributed by atoms with Gasteiger partial charge in [-0.1, -0.05) is 6.07 Å². The second-order valence-electron chi connectivity index (χ2n) is 4.03. The summed E-state index contributed by atoms with van der Waals surface area (Å²) in [5.74, 6) is -0.787. The zero-order chi connectivity index (χ0) is 14.8. The van der Waals surface area contributed by atoms with E-state index in [4.69, 9.17) is 5.11 Å². The van der Waals surface area contributed by atoms with Gasteiger partial charge in [0.15, 0.2) is 0 Å². The topological polar surface area (TPSA) is 116 Å². The fourth-order valence-corrected chi connectivity index (χ4v) is 2.75. The summed E-state index contributed by atoms with van der Waals surface area (Å²) < 4.78 is 25.7. The Morgan fingerprint density at radius 1 is 1.45 bits per heavy atom. The lowest BCUT2D eigenvalue weighted by molar-refractivity contribution is 0.0696. The number of nitrogens with zero attached hydrogens (tertiary/aromatic N) is 3. The highest BCUT2D eigenvalue weighted by molar-refractivity contribution is 7.89. The second-order valence-corrected chi connectivity index (χ2v) is 6.07. The van der Waals surface area contributed by atoms with Crippen LogP contribution in [0, 0.1) is 0 Å². The van der Waals surface area contributed by atoms with Gasteiger partial charge in [0.05, 0.1) is 17.0 Å². The molecule has 8 nitrogen and oxygen atoms in total. The zero-order valence-electron chi connectivity index (χ0n) is 10.5. The molecule has 0 atom stereocenters. The smallest absolute Gasteiger partial charge is 0.335 e. The number of hydrogen-bond acceptors (Lipinski definition) is 5. The average molecular weight is 296 g/mol. The van der Waals surface area contributed by atoms with E-state index in [1.54, 1.807) is 0 Å². The highest BCUT2D eigenvalue weighted by Crippen LogP contribution is 2.17. The van der Waals surface area contributed by atoms with Crippen molar-refractivity contribution >= 4 is 16.0 Å². The number of aromatic amines is 1. The summed E-state index contributed by atoms with van der Waals surface area (Å²) >= 11 is 0. The van der Waals surface area contributed by atoms with Crippen molar-refractivity contribution in [1.29, 1.82) is 0 Å². The van der Waals surface area contributed by atoms with E-state index in [2.05, 4.69) is 15.2 Å². The third-order valence-electron chi connectivity index (χ3n) is 2.63. The number of hydrogen-bond donors (Lipinski definition) is 2. The van der Waals surface area contributed by atoms with E-state index < -0.39 is 16.0 Å². The monoisotopic (exact) mass is 296 g/mol. The van der Waals surface area contributed by atoms with Crippen LogP contribution in [0.3, 0.4) is 0 Å². The quantitative estimate of drug-likeness (QED) is 0.821. The van der Waals surface area contributed by atoms with Crippen LogP contribution in [0.15, 0.2) is 35.5 Å². The number of H-pyrrole nitrogens is 1. The van der Waals surface area contributed by atoms with E-state index in [0.29, 0.717) is 5.82 Å². The number of aromatic nitrogens is 3. The maximum atomic E-state index is 12.3. The zero-order valence-corrected chi connectivity index (χ0v) is 11.3. The summed E-state index contributed by atoms with van der Waals surface area (Å²) in [7, 11) is -2.41. The molecule has 1 aromatic carbocycles. The van der Waals surface area contributed by atoms with Crippen molar-refractivity contribution < 1.29 is 18.3 Å². The lowest BCUT2D eigenvalue weighted by atomic mass is 10.2. The largest absolute Gasteiger partial charge is 0.478 e. The Labute approximate surface area is 115 Å². The van der Waals surface area contributed by atoms with Crippen LogP contribution < -0.4 is 0 Å². The fraction of sp³-hybridized carbons (Fsp3) is 0.182. The van der Waals surface area contributed by atoms with Crippen molar-refractivity contribution in [3.05, 3.63) is 42.0 Å². The molecule has 106 valence electrons. The number of carboxylic acids is 1. The molecule has 0 aliphatic rings. The molecule has 0 amide bonds. The van der Waals surface area contributed by atoms with Crippen molar-refractivity contribution in [2.45, 2.75) is 11.4 Å². The van der Waals surface area contributed by atoms with E-state index in [1.165, 1.54) is 31.6 Å². The molecular weight excluding hydrogens is 284 g/mol. The van der Waals surface area contributed by atoms with Crippen molar-refractivity contribution in [3.8, 4) is 0 Å². The van der Waals surface area contributed by atoms with Crippen LogP contribution in [0.1, 0.15) is 16.2 Å². The molecule has 0 bridgehead atoms. The molecule has 0 saturated carbocycles. The minimum absolute atomic E-state index is 0.0135. The maximum absolute atomic E-state index is 12.3. The summed E-state index contributed by atoms with van der Waals surface area (Å²) in [5, 5.41) is 15.1. The number of sulfonamides is 1. The van der Waals surface area contributed by atoms with Gasteiger partial charge in [0.1, 0.15) is 12.2 Å². The first kappa shape index (κ1) is 14.2. The molecule has 9 heteroatoms. The number of nitrogens with one attached hydrogen (secondary N) is 1. The molecule has 0 aliphatic carbocycles. The number of carbonyl (C=O) groups is 1. The van der Waals surface area contributed by atoms with Crippen LogP contribution >= 0.6 is 0 Å². The molecule has 0 unspecified atom stereocenters. The minimum atomic E-state index is -3.79. The Balaban J connectivity index is 2.29. The van der Waals surface area contributed by atoms with Gasteiger partial charge in [0.25, 0.3) is 0 Å². The fourth-order valence-electron chi connectivity index (χ4n) is 1.57. The molecule has 1 aromatic heterocycles. The van der Waals surface area contributed by atoms with E-state index in [0.717, 1.165) is 10.4 Å². The maximum Gasteiger partial charge on any atom is 0.335 e. The van der Waals surface area contributed by atoms with Crippen molar-refractivity contribution in [2.24, 2.45) is 0 Å². The van der Waals surface area contributed by atoms with Crippen molar-refractivity contribution in [2.75, 3.05) is 7.05 Å². The summed E-state index contributed by atoms with van der Waals surface area (Å²) in [6, 6.07) is 5.18. The molecule has 20 heavy (non-hydrogen) atoms. The summed E-state index contributed by atoms with van der Waals surface area (Å²) in [4.78, 5) is 14.6. The molecule has 0 saturated heterocycles. The summed E-state index contributed by atoms with van der Waals surface area (Å²) in [5.41, 5.74) is -0.0841. The van der Waals surface area contributed by atoms with E-state index in [-0.39, 0.29) is 17.0 Å². The number of rotatable bonds is 5. The van der Waals surface area contributed by atoms with Crippen molar-refractivity contribution in [1.82, 2.24) is 19.5 Å². The normalized spacial score (nSPS) is 11.7. The molecular formula is C11H12N4O4S. The van der Waals surface area contributed by atoms with Crippen LogP contribution in [0.25, 0.3) is 0 Å². The van der Waals surface area contributed by atoms with Gasteiger partial charge in [-0.25, -0.2) is 18.2 Å². The molecule has 0 radical (unpaired) electrons. The Bertz CT molecular complexity index is 712. The molecule has 1 heterocycles. The minimum Gasteiger partial charge on any atom is -0.478 e. The first-order valence-electron chi connectivity index (χ1n) is 5.55. The van der Waals surface area contributed by atoms with Gasteiger partial charge in [-0.15, -0.1) is 0 Å². The lowest BCUT2D eigenvalue weighted by Crippen LogP contribution is -2.27. The van der Waals surface area contributed by atoms with Gasteiger partial charge in [-0.05, 0) is 18.2 Å². The van der Waals surface area contributed by atoms with Crippen LogP contribution in [0.5, 0.6) is 0 Å². The Hall–Kier alpha value is -2.26. The highest BCUT2D eigenvalue weighted by Gasteiger charge is 2.22. The average Bonchev–Trinajstić information content (AvgIpc) is 2.91.